The minimum absolute atomic E-state index is 0.782. The molecule has 0 atom stereocenters. The molecule has 0 unspecified atom stereocenters. The fourth-order valence-corrected chi connectivity index (χ4v) is 4.91. The zero-order valence-electron chi connectivity index (χ0n) is 16.1. The number of likely N-dealkylation sites (tertiary alicyclic amines) is 1. The Morgan fingerprint density at radius 1 is 0.704 bits per heavy atom. The summed E-state index contributed by atoms with van der Waals surface area (Å²) >= 11 is 3.58. The molecule has 2 aromatic rings. The topological polar surface area (TPSA) is 9.72 Å². The molecule has 2 aliphatic heterocycles. The Balaban J connectivity index is 1.20. The van der Waals surface area contributed by atoms with Crippen molar-refractivity contribution in [1.29, 1.82) is 0 Å². The third-order valence-corrected chi connectivity index (χ3v) is 6.52. The molecule has 0 spiro atoms. The molecule has 4 heteroatoms. The van der Waals surface area contributed by atoms with Crippen LogP contribution in [-0.2, 0) is 13.1 Å². The highest BCUT2D eigenvalue weighted by Crippen LogP contribution is 2.21. The predicted octanol–water partition coefficient (Wildman–Crippen LogP) is 4.23. The van der Waals surface area contributed by atoms with Gasteiger partial charge in [-0.25, -0.2) is 0 Å². The molecule has 144 valence electrons. The second-order valence-electron chi connectivity index (χ2n) is 7.93. The van der Waals surface area contributed by atoms with Crippen LogP contribution in [0.2, 0.25) is 0 Å². The zero-order valence-corrected chi connectivity index (χ0v) is 17.7. The van der Waals surface area contributed by atoms with Gasteiger partial charge in [0, 0.05) is 49.8 Å². The fourth-order valence-electron chi connectivity index (χ4n) is 4.46. The lowest BCUT2D eigenvalue weighted by molar-refractivity contribution is 0.0550. The number of hydrogen-bond donors (Lipinski definition) is 0. The maximum absolute atomic E-state index is 3.58. The first kappa shape index (κ1) is 19.1. The number of rotatable bonds is 5. The number of halogens is 1. The van der Waals surface area contributed by atoms with Crippen LogP contribution in [0.25, 0.3) is 0 Å². The molecular formula is C23H30BrN3. The monoisotopic (exact) mass is 427 g/mol. The van der Waals surface area contributed by atoms with E-state index < -0.39 is 0 Å². The van der Waals surface area contributed by atoms with Gasteiger partial charge in [-0.15, -0.1) is 0 Å². The number of benzene rings is 2. The molecule has 0 N–H and O–H groups in total. The van der Waals surface area contributed by atoms with Crippen molar-refractivity contribution in [3.63, 3.8) is 0 Å². The van der Waals surface area contributed by atoms with E-state index in [2.05, 4.69) is 85.2 Å². The molecule has 2 saturated heterocycles. The van der Waals surface area contributed by atoms with Gasteiger partial charge >= 0.3 is 0 Å². The zero-order chi connectivity index (χ0) is 18.5. The van der Waals surface area contributed by atoms with Crippen molar-refractivity contribution in [3.8, 4) is 0 Å². The maximum Gasteiger partial charge on any atom is 0.0235 e. The van der Waals surface area contributed by atoms with Crippen molar-refractivity contribution in [1.82, 2.24) is 14.7 Å². The van der Waals surface area contributed by atoms with Gasteiger partial charge in [0.25, 0.3) is 0 Å². The minimum atomic E-state index is 0.782. The lowest BCUT2D eigenvalue weighted by Crippen LogP contribution is -2.52. The third-order valence-electron chi connectivity index (χ3n) is 6.02. The minimum Gasteiger partial charge on any atom is -0.299 e. The molecule has 4 rings (SSSR count). The standard InChI is InChI=1S/C23H30BrN3/c24-22-8-4-7-21(17-22)19-26-13-15-27(16-14-26)23-9-11-25(12-10-23)18-20-5-2-1-3-6-20/h1-8,17,23H,9-16,18-19H2. The van der Waals surface area contributed by atoms with E-state index in [0.29, 0.717) is 0 Å². The van der Waals surface area contributed by atoms with Crippen LogP contribution in [0.3, 0.4) is 0 Å². The van der Waals surface area contributed by atoms with E-state index in [4.69, 9.17) is 0 Å². The first-order chi connectivity index (χ1) is 13.3. The number of nitrogens with zero attached hydrogens (tertiary/aromatic N) is 3. The van der Waals surface area contributed by atoms with Crippen molar-refractivity contribution >= 4 is 15.9 Å². The Kier molecular flexibility index (Phi) is 6.61. The molecule has 0 aromatic heterocycles. The highest BCUT2D eigenvalue weighted by Gasteiger charge is 2.27. The molecule has 2 aromatic carbocycles. The van der Waals surface area contributed by atoms with Crippen LogP contribution in [0.15, 0.2) is 59.1 Å². The fraction of sp³-hybridized carbons (Fsp3) is 0.478. The van der Waals surface area contributed by atoms with E-state index in [9.17, 15) is 0 Å². The summed E-state index contributed by atoms with van der Waals surface area (Å²) in [6.07, 6.45) is 2.64. The summed E-state index contributed by atoms with van der Waals surface area (Å²) in [6, 6.07) is 20.4. The molecular weight excluding hydrogens is 398 g/mol. The average molecular weight is 428 g/mol. The van der Waals surface area contributed by atoms with E-state index >= 15 is 0 Å². The summed E-state index contributed by atoms with van der Waals surface area (Å²) in [4.78, 5) is 7.97. The van der Waals surface area contributed by atoms with Crippen LogP contribution in [0.4, 0.5) is 0 Å². The Hall–Kier alpha value is -1.20. The van der Waals surface area contributed by atoms with Crippen molar-refractivity contribution in [2.75, 3.05) is 39.3 Å². The molecule has 2 aliphatic rings. The van der Waals surface area contributed by atoms with Gasteiger partial charge in [-0.1, -0.05) is 58.4 Å². The van der Waals surface area contributed by atoms with Gasteiger partial charge in [0.05, 0.1) is 0 Å². The van der Waals surface area contributed by atoms with Gasteiger partial charge in [-0.2, -0.15) is 0 Å². The summed E-state index contributed by atoms with van der Waals surface area (Å²) in [7, 11) is 0. The third kappa shape index (κ3) is 5.41. The Labute approximate surface area is 172 Å². The van der Waals surface area contributed by atoms with E-state index in [1.165, 1.54) is 67.7 Å². The van der Waals surface area contributed by atoms with Crippen LogP contribution < -0.4 is 0 Å². The summed E-state index contributed by atoms with van der Waals surface area (Å²) in [5.41, 5.74) is 2.85. The quantitative estimate of drug-likeness (QED) is 0.706. The van der Waals surface area contributed by atoms with E-state index in [0.717, 1.165) is 19.1 Å². The van der Waals surface area contributed by atoms with Crippen LogP contribution in [0.5, 0.6) is 0 Å². The SMILES string of the molecule is Brc1cccc(CN2CCN(C3CCN(Cc4ccccc4)CC3)CC2)c1. The molecule has 0 bridgehead atoms. The average Bonchev–Trinajstić information content (AvgIpc) is 2.70. The Morgan fingerprint density at radius 2 is 1.33 bits per heavy atom. The van der Waals surface area contributed by atoms with Crippen molar-refractivity contribution in [2.24, 2.45) is 0 Å². The Morgan fingerprint density at radius 3 is 2.04 bits per heavy atom. The van der Waals surface area contributed by atoms with Gasteiger partial charge in [0.1, 0.15) is 0 Å². The van der Waals surface area contributed by atoms with Gasteiger partial charge in [-0.05, 0) is 49.2 Å². The van der Waals surface area contributed by atoms with Gasteiger partial charge in [0.2, 0.25) is 0 Å². The highest BCUT2D eigenvalue weighted by molar-refractivity contribution is 9.10. The van der Waals surface area contributed by atoms with Gasteiger partial charge in [-0.3, -0.25) is 14.7 Å². The summed E-state index contributed by atoms with van der Waals surface area (Å²) in [6.45, 7) is 9.47. The maximum atomic E-state index is 3.58. The second kappa shape index (κ2) is 9.33. The molecule has 2 fully saturated rings. The normalized spacial score (nSPS) is 20.8. The van der Waals surface area contributed by atoms with Gasteiger partial charge < -0.3 is 0 Å². The van der Waals surface area contributed by atoms with Crippen LogP contribution >= 0.6 is 15.9 Å². The molecule has 0 saturated carbocycles. The van der Waals surface area contributed by atoms with Crippen molar-refractivity contribution in [3.05, 3.63) is 70.2 Å². The Bertz CT molecular complexity index is 705. The summed E-state index contributed by atoms with van der Waals surface area (Å²) in [5, 5.41) is 0. The van der Waals surface area contributed by atoms with Crippen LogP contribution in [-0.4, -0.2) is 60.0 Å². The summed E-state index contributed by atoms with van der Waals surface area (Å²) in [5.74, 6) is 0. The van der Waals surface area contributed by atoms with Crippen molar-refractivity contribution in [2.45, 2.75) is 32.0 Å². The summed E-state index contributed by atoms with van der Waals surface area (Å²) < 4.78 is 1.18. The molecule has 0 amide bonds. The molecule has 2 heterocycles. The van der Waals surface area contributed by atoms with Crippen LogP contribution in [0, 0.1) is 0 Å². The molecule has 3 nitrogen and oxygen atoms in total. The smallest absolute Gasteiger partial charge is 0.0235 e. The lowest BCUT2D eigenvalue weighted by atomic mass is 10.0. The molecule has 0 radical (unpaired) electrons. The highest BCUT2D eigenvalue weighted by atomic mass is 79.9. The first-order valence-electron chi connectivity index (χ1n) is 10.2. The number of piperazine rings is 1. The first-order valence-corrected chi connectivity index (χ1v) is 11.0. The molecule has 27 heavy (non-hydrogen) atoms. The van der Waals surface area contributed by atoms with Crippen molar-refractivity contribution < 1.29 is 0 Å². The predicted molar refractivity (Wildman–Crippen MR) is 116 cm³/mol. The second-order valence-corrected chi connectivity index (χ2v) is 8.85. The van der Waals surface area contributed by atoms with Gasteiger partial charge in [0.15, 0.2) is 0 Å². The van der Waals surface area contributed by atoms with E-state index in [1.807, 2.05) is 0 Å². The number of hydrogen-bond acceptors (Lipinski definition) is 3. The molecule has 0 aliphatic carbocycles. The lowest BCUT2D eigenvalue weighted by Gasteiger charge is -2.43. The van der Waals surface area contributed by atoms with E-state index in [1.54, 1.807) is 0 Å². The largest absolute Gasteiger partial charge is 0.299 e. The van der Waals surface area contributed by atoms with Crippen LogP contribution in [0.1, 0.15) is 24.0 Å². The van der Waals surface area contributed by atoms with E-state index in [-0.39, 0.29) is 0 Å². The number of piperidine rings is 1.